The highest BCUT2D eigenvalue weighted by molar-refractivity contribution is 5.92. The smallest absolute Gasteiger partial charge is 0.146 e. The van der Waals surface area contributed by atoms with E-state index in [1.54, 1.807) is 0 Å². The van der Waals surface area contributed by atoms with Crippen LogP contribution in [-0.2, 0) is 10.2 Å². The Balaban J connectivity index is 2.30. The molecule has 1 fully saturated rings. The van der Waals surface area contributed by atoms with E-state index >= 15 is 0 Å². The predicted octanol–water partition coefficient (Wildman–Crippen LogP) is 4.89. The Morgan fingerprint density at radius 2 is 1.63 bits per heavy atom. The molecule has 1 saturated carbocycles. The second kappa shape index (κ2) is 6.36. The first-order valence-electron chi connectivity index (χ1n) is 7.84. The van der Waals surface area contributed by atoms with Crippen molar-refractivity contribution < 1.29 is 4.79 Å². The van der Waals surface area contributed by atoms with E-state index in [0.29, 0.717) is 11.7 Å². The fraction of sp³-hybridized carbons (Fsp3) is 0.611. The highest BCUT2D eigenvalue weighted by Gasteiger charge is 2.40. The SMILES string of the molecule is CCC(CC)(C(=O)C1CCCCC1)c1ccccc1. The van der Waals surface area contributed by atoms with Gasteiger partial charge in [-0.2, -0.15) is 0 Å². The van der Waals surface area contributed by atoms with E-state index in [2.05, 4.69) is 38.1 Å². The quantitative estimate of drug-likeness (QED) is 0.734. The Morgan fingerprint density at radius 1 is 1.05 bits per heavy atom. The Labute approximate surface area is 117 Å². The number of carbonyl (C=O) groups is 1. The molecule has 1 aliphatic rings. The Morgan fingerprint density at radius 3 is 2.16 bits per heavy atom. The summed E-state index contributed by atoms with van der Waals surface area (Å²) in [6, 6.07) is 10.4. The van der Waals surface area contributed by atoms with Crippen LogP contribution in [0.15, 0.2) is 30.3 Å². The first kappa shape index (κ1) is 14.3. The standard InChI is InChI=1S/C18H26O/c1-3-18(4-2,16-13-9-6-10-14-16)17(19)15-11-7-5-8-12-15/h6,9-10,13-15H,3-5,7-8,11-12H2,1-2H3. The maximum absolute atomic E-state index is 13.1. The van der Waals surface area contributed by atoms with E-state index in [4.69, 9.17) is 0 Å². The van der Waals surface area contributed by atoms with Crippen molar-refractivity contribution in [2.75, 3.05) is 0 Å². The molecule has 1 nitrogen and oxygen atoms in total. The summed E-state index contributed by atoms with van der Waals surface area (Å²) in [5.41, 5.74) is 0.971. The minimum Gasteiger partial charge on any atom is -0.298 e. The zero-order valence-corrected chi connectivity index (χ0v) is 12.3. The predicted molar refractivity (Wildman–Crippen MR) is 80.3 cm³/mol. The summed E-state index contributed by atoms with van der Waals surface area (Å²) in [7, 11) is 0. The van der Waals surface area contributed by atoms with Crippen LogP contribution in [0.1, 0.15) is 64.4 Å². The molecule has 0 saturated heterocycles. The van der Waals surface area contributed by atoms with Crippen molar-refractivity contribution in [1.29, 1.82) is 0 Å². The van der Waals surface area contributed by atoms with Gasteiger partial charge in [-0.05, 0) is 31.2 Å². The summed E-state index contributed by atoms with van der Waals surface area (Å²) in [5, 5.41) is 0. The molecule has 0 heterocycles. The molecule has 1 heteroatoms. The summed E-state index contributed by atoms with van der Waals surface area (Å²) in [5.74, 6) is 0.803. The fourth-order valence-electron chi connectivity index (χ4n) is 3.66. The lowest BCUT2D eigenvalue weighted by atomic mass is 9.66. The van der Waals surface area contributed by atoms with Gasteiger partial charge in [-0.1, -0.05) is 63.4 Å². The van der Waals surface area contributed by atoms with Crippen molar-refractivity contribution in [3.8, 4) is 0 Å². The van der Waals surface area contributed by atoms with Crippen LogP contribution < -0.4 is 0 Å². The molecule has 1 aliphatic carbocycles. The second-order valence-corrected chi connectivity index (χ2v) is 5.85. The van der Waals surface area contributed by atoms with Gasteiger partial charge < -0.3 is 0 Å². The molecule has 0 unspecified atom stereocenters. The molecule has 0 radical (unpaired) electrons. The first-order valence-corrected chi connectivity index (χ1v) is 7.84. The number of Topliss-reactive ketones (excluding diaryl/α,β-unsaturated/α-hetero) is 1. The topological polar surface area (TPSA) is 17.1 Å². The van der Waals surface area contributed by atoms with E-state index in [1.165, 1.54) is 24.8 Å². The third kappa shape index (κ3) is 2.75. The van der Waals surface area contributed by atoms with Gasteiger partial charge in [-0.25, -0.2) is 0 Å². The molecule has 0 atom stereocenters. The molecule has 0 amide bonds. The average Bonchev–Trinajstić information content (AvgIpc) is 2.51. The van der Waals surface area contributed by atoms with Crippen molar-refractivity contribution in [3.05, 3.63) is 35.9 Å². The van der Waals surface area contributed by atoms with Gasteiger partial charge in [0.15, 0.2) is 0 Å². The van der Waals surface area contributed by atoms with E-state index in [9.17, 15) is 4.79 Å². The van der Waals surface area contributed by atoms with E-state index < -0.39 is 0 Å². The van der Waals surface area contributed by atoms with Gasteiger partial charge in [0.25, 0.3) is 0 Å². The minimum atomic E-state index is -0.247. The van der Waals surface area contributed by atoms with Crippen LogP contribution in [0.5, 0.6) is 0 Å². The van der Waals surface area contributed by atoms with Gasteiger partial charge in [-0.3, -0.25) is 4.79 Å². The molecule has 1 aromatic carbocycles. The molecule has 0 bridgehead atoms. The molecule has 104 valence electrons. The molecule has 0 spiro atoms. The second-order valence-electron chi connectivity index (χ2n) is 5.85. The Bertz CT molecular complexity index is 397. The van der Waals surface area contributed by atoms with Gasteiger partial charge in [0.2, 0.25) is 0 Å². The summed E-state index contributed by atoms with van der Waals surface area (Å²) in [6.45, 7) is 4.33. The van der Waals surface area contributed by atoms with Crippen molar-refractivity contribution in [3.63, 3.8) is 0 Å². The number of ketones is 1. The number of hydrogen-bond acceptors (Lipinski definition) is 1. The number of rotatable bonds is 5. The first-order chi connectivity index (χ1) is 9.24. The summed E-state index contributed by atoms with van der Waals surface area (Å²) in [6.07, 6.45) is 7.82. The minimum absolute atomic E-state index is 0.247. The van der Waals surface area contributed by atoms with Crippen molar-refractivity contribution in [2.45, 2.75) is 64.2 Å². The molecular weight excluding hydrogens is 232 g/mol. The molecule has 2 rings (SSSR count). The van der Waals surface area contributed by atoms with Crippen LogP contribution in [0.4, 0.5) is 0 Å². The van der Waals surface area contributed by atoms with Crippen LogP contribution in [0.3, 0.4) is 0 Å². The number of benzene rings is 1. The van der Waals surface area contributed by atoms with Gasteiger partial charge >= 0.3 is 0 Å². The number of hydrogen-bond donors (Lipinski definition) is 0. The van der Waals surface area contributed by atoms with E-state index in [-0.39, 0.29) is 5.41 Å². The lowest BCUT2D eigenvalue weighted by Crippen LogP contribution is -2.40. The zero-order valence-electron chi connectivity index (χ0n) is 12.3. The van der Waals surface area contributed by atoms with Crippen molar-refractivity contribution in [2.24, 2.45) is 5.92 Å². The van der Waals surface area contributed by atoms with Gasteiger partial charge in [0.1, 0.15) is 5.78 Å². The van der Waals surface area contributed by atoms with Crippen LogP contribution >= 0.6 is 0 Å². The van der Waals surface area contributed by atoms with Crippen LogP contribution in [0.25, 0.3) is 0 Å². The number of carbonyl (C=O) groups excluding carboxylic acids is 1. The highest BCUT2D eigenvalue weighted by atomic mass is 16.1. The lowest BCUT2D eigenvalue weighted by molar-refractivity contribution is -0.130. The lowest BCUT2D eigenvalue weighted by Gasteiger charge is -2.35. The Hall–Kier alpha value is -1.11. The summed E-state index contributed by atoms with van der Waals surface area (Å²) < 4.78 is 0. The third-order valence-electron chi connectivity index (χ3n) is 4.98. The molecule has 1 aromatic rings. The normalized spacial score (nSPS) is 17.4. The van der Waals surface area contributed by atoms with Gasteiger partial charge in [0.05, 0.1) is 5.41 Å². The highest BCUT2D eigenvalue weighted by Crippen LogP contribution is 2.38. The third-order valence-corrected chi connectivity index (χ3v) is 4.98. The molecule has 19 heavy (non-hydrogen) atoms. The van der Waals surface area contributed by atoms with Crippen LogP contribution in [0.2, 0.25) is 0 Å². The molecule has 0 aromatic heterocycles. The Kier molecular flexibility index (Phi) is 4.79. The van der Waals surface area contributed by atoms with Gasteiger partial charge in [0, 0.05) is 5.92 Å². The average molecular weight is 258 g/mol. The van der Waals surface area contributed by atoms with Crippen LogP contribution in [0, 0.1) is 5.92 Å². The van der Waals surface area contributed by atoms with Crippen molar-refractivity contribution >= 4 is 5.78 Å². The van der Waals surface area contributed by atoms with E-state index in [1.807, 2.05) is 6.07 Å². The van der Waals surface area contributed by atoms with Crippen molar-refractivity contribution in [1.82, 2.24) is 0 Å². The maximum Gasteiger partial charge on any atom is 0.146 e. The van der Waals surface area contributed by atoms with E-state index in [0.717, 1.165) is 25.7 Å². The summed E-state index contributed by atoms with van der Waals surface area (Å²) >= 11 is 0. The monoisotopic (exact) mass is 258 g/mol. The maximum atomic E-state index is 13.1. The summed E-state index contributed by atoms with van der Waals surface area (Å²) in [4.78, 5) is 13.1. The molecule has 0 aliphatic heterocycles. The fourth-order valence-corrected chi connectivity index (χ4v) is 3.66. The van der Waals surface area contributed by atoms with Crippen LogP contribution in [-0.4, -0.2) is 5.78 Å². The largest absolute Gasteiger partial charge is 0.298 e. The van der Waals surface area contributed by atoms with Gasteiger partial charge in [-0.15, -0.1) is 0 Å². The zero-order chi connectivity index (χ0) is 13.7. The molecule has 0 N–H and O–H groups in total. The molecular formula is C18H26O.